The summed E-state index contributed by atoms with van der Waals surface area (Å²) >= 11 is 0. The molecule has 1 N–H and O–H groups in total. The number of nitrogens with zero attached hydrogens (tertiary/aromatic N) is 5. The number of imidazole rings is 1. The second-order valence-corrected chi connectivity index (χ2v) is 9.43. The Kier molecular flexibility index (Phi) is 5.33. The van der Waals surface area contributed by atoms with Crippen LogP contribution in [-0.2, 0) is 5.60 Å². The number of pyridine rings is 1. The highest BCUT2D eigenvalue weighted by atomic mass is 19.1. The van der Waals surface area contributed by atoms with Crippen LogP contribution >= 0.6 is 0 Å². The molecule has 6 rings (SSSR count). The zero-order chi connectivity index (χ0) is 24.0. The molecule has 2 aliphatic rings. The van der Waals surface area contributed by atoms with Crippen LogP contribution in [0.4, 0.5) is 4.39 Å². The molecule has 3 aromatic heterocycles. The summed E-state index contributed by atoms with van der Waals surface area (Å²) in [5.41, 5.74) is 0.346. The molecule has 0 bridgehead atoms. The van der Waals surface area contributed by atoms with Gasteiger partial charge >= 0.3 is 0 Å². The fraction of sp³-hybridized carbons (Fsp3) is 0.333. The molecule has 1 aliphatic carbocycles. The number of fused-ring (bicyclic) bond motifs is 2. The molecule has 35 heavy (non-hydrogen) atoms. The second kappa shape index (κ2) is 8.53. The number of hydrogen-bond acceptors (Lipinski definition) is 5. The van der Waals surface area contributed by atoms with E-state index in [1.165, 1.54) is 10.5 Å². The summed E-state index contributed by atoms with van der Waals surface area (Å²) in [7, 11) is 0. The van der Waals surface area contributed by atoms with E-state index in [-0.39, 0.29) is 40.7 Å². The first-order chi connectivity index (χ1) is 17.1. The lowest BCUT2D eigenvalue weighted by Crippen LogP contribution is -2.59. The van der Waals surface area contributed by atoms with Gasteiger partial charge in [0, 0.05) is 37.1 Å². The number of hydrogen-bond donors (Lipinski definition) is 1. The minimum Gasteiger partial charge on any atom is -0.385 e. The third-order valence-electron chi connectivity index (χ3n) is 7.60. The van der Waals surface area contributed by atoms with Crippen molar-refractivity contribution >= 4 is 11.4 Å². The Morgan fingerprint density at radius 3 is 2.60 bits per heavy atom. The Morgan fingerprint density at radius 2 is 1.80 bits per heavy atom. The molecule has 1 amide bonds. The van der Waals surface area contributed by atoms with Crippen LogP contribution in [-0.4, -0.2) is 47.9 Å². The molecule has 178 valence electrons. The van der Waals surface area contributed by atoms with Gasteiger partial charge in [-0.2, -0.15) is 0 Å². The van der Waals surface area contributed by atoms with E-state index in [0.717, 1.165) is 31.2 Å². The minimum absolute atomic E-state index is 0.0729. The van der Waals surface area contributed by atoms with Gasteiger partial charge in [0.1, 0.15) is 17.0 Å². The van der Waals surface area contributed by atoms with Gasteiger partial charge in [-0.05, 0) is 43.0 Å². The van der Waals surface area contributed by atoms with Crippen LogP contribution in [0.5, 0.6) is 0 Å². The van der Waals surface area contributed by atoms with E-state index in [2.05, 4.69) is 15.0 Å². The zero-order valence-corrected chi connectivity index (χ0v) is 19.2. The third-order valence-corrected chi connectivity index (χ3v) is 7.60. The fourth-order valence-corrected chi connectivity index (χ4v) is 5.98. The second-order valence-electron chi connectivity index (χ2n) is 9.43. The minimum atomic E-state index is -0.979. The molecule has 3 atom stereocenters. The number of aliphatic hydroxyl groups is 1. The van der Waals surface area contributed by atoms with Crippen molar-refractivity contribution in [2.45, 2.75) is 43.7 Å². The van der Waals surface area contributed by atoms with Gasteiger partial charge in [0.25, 0.3) is 5.91 Å². The van der Waals surface area contributed by atoms with Crippen LogP contribution in [0.1, 0.15) is 48.3 Å². The van der Waals surface area contributed by atoms with Crippen molar-refractivity contribution in [2.24, 2.45) is 5.92 Å². The van der Waals surface area contributed by atoms with Gasteiger partial charge in [-0.3, -0.25) is 9.20 Å². The highest BCUT2D eigenvalue weighted by Crippen LogP contribution is 2.47. The maximum atomic E-state index is 14.9. The summed E-state index contributed by atoms with van der Waals surface area (Å²) in [6.07, 6.45) is 8.90. The van der Waals surface area contributed by atoms with Crippen LogP contribution in [0.2, 0.25) is 0 Å². The van der Waals surface area contributed by atoms with Gasteiger partial charge in [-0.15, -0.1) is 0 Å². The average Bonchev–Trinajstić information content (AvgIpc) is 3.31. The van der Waals surface area contributed by atoms with Gasteiger partial charge in [0.2, 0.25) is 5.82 Å². The van der Waals surface area contributed by atoms with Crippen molar-refractivity contribution in [1.29, 1.82) is 0 Å². The molecule has 1 aliphatic heterocycles. The van der Waals surface area contributed by atoms with E-state index in [9.17, 15) is 14.3 Å². The molecule has 2 fully saturated rings. The summed E-state index contributed by atoms with van der Waals surface area (Å²) < 4.78 is 16.4. The molecule has 4 heterocycles. The summed E-state index contributed by atoms with van der Waals surface area (Å²) in [4.78, 5) is 28.8. The van der Waals surface area contributed by atoms with Gasteiger partial charge in [-0.1, -0.05) is 43.2 Å². The van der Waals surface area contributed by atoms with Crippen molar-refractivity contribution in [3.63, 3.8) is 0 Å². The smallest absolute Gasteiger partial charge is 0.290 e. The van der Waals surface area contributed by atoms with E-state index in [1.807, 2.05) is 35.2 Å². The maximum absolute atomic E-state index is 14.9. The molecule has 1 saturated heterocycles. The molecule has 0 spiro atoms. The fourth-order valence-electron chi connectivity index (χ4n) is 5.98. The number of rotatable bonds is 3. The number of aromatic nitrogens is 4. The quantitative estimate of drug-likeness (QED) is 0.484. The largest absolute Gasteiger partial charge is 0.385 e. The molecule has 1 saturated carbocycles. The number of piperidine rings is 1. The van der Waals surface area contributed by atoms with Gasteiger partial charge in [0.15, 0.2) is 5.82 Å². The summed E-state index contributed by atoms with van der Waals surface area (Å²) in [5.74, 6) is -0.427. The normalized spacial score (nSPS) is 24.3. The number of likely N-dealkylation sites (tertiary alicyclic amines) is 1. The summed E-state index contributed by atoms with van der Waals surface area (Å²) in [6.45, 7) is 0.396. The predicted molar refractivity (Wildman–Crippen MR) is 128 cm³/mol. The number of halogens is 1. The van der Waals surface area contributed by atoms with E-state index < -0.39 is 11.4 Å². The molecule has 4 aromatic rings. The van der Waals surface area contributed by atoms with Crippen molar-refractivity contribution in [3.8, 4) is 11.5 Å². The summed E-state index contributed by atoms with van der Waals surface area (Å²) in [5, 5.41) is 11.8. The monoisotopic (exact) mass is 471 g/mol. The lowest BCUT2D eigenvalue weighted by molar-refractivity contribution is -0.110. The SMILES string of the molecule is O=C(c1nc(-c2ncccn2)c2c(F)cccn12)N1CCC(O)(c2ccccc2)[C@H]2CCCC[C@H]21. The standard InChI is InChI=1S/C27H26FN5O2/c28-20-11-6-16-33-23(20)22(24-29-14-7-15-30-24)31-25(33)26(34)32-17-13-27(35,18-8-2-1-3-9-18)19-10-4-5-12-21(19)32/h1-3,6-9,11,14-16,19,21,35H,4-5,10,12-13,17H2/t19-,21+,27?/m0/s1. The van der Waals surface area contributed by atoms with E-state index in [4.69, 9.17) is 0 Å². The number of amides is 1. The van der Waals surface area contributed by atoms with Crippen molar-refractivity contribution in [2.75, 3.05) is 6.54 Å². The first kappa shape index (κ1) is 21.9. The molecular formula is C27H26FN5O2. The molecule has 8 heteroatoms. The molecule has 1 unspecified atom stereocenters. The van der Waals surface area contributed by atoms with E-state index >= 15 is 0 Å². The van der Waals surface area contributed by atoms with Crippen LogP contribution < -0.4 is 0 Å². The van der Waals surface area contributed by atoms with Crippen molar-refractivity contribution in [1.82, 2.24) is 24.3 Å². The van der Waals surface area contributed by atoms with E-state index in [1.54, 1.807) is 30.7 Å². The third kappa shape index (κ3) is 3.51. The summed E-state index contributed by atoms with van der Waals surface area (Å²) in [6, 6.07) is 14.2. The highest BCUT2D eigenvalue weighted by Gasteiger charge is 2.50. The first-order valence-electron chi connectivity index (χ1n) is 12.1. The number of benzene rings is 1. The zero-order valence-electron chi connectivity index (χ0n) is 19.2. The Hall–Kier alpha value is -3.65. The number of carbonyl (C=O) groups excluding carboxylic acids is 1. The molecular weight excluding hydrogens is 445 g/mol. The lowest BCUT2D eigenvalue weighted by Gasteiger charge is -2.52. The molecule has 1 aromatic carbocycles. The predicted octanol–water partition coefficient (Wildman–Crippen LogP) is 4.22. The van der Waals surface area contributed by atoms with Gasteiger partial charge < -0.3 is 10.0 Å². The Labute approximate surface area is 202 Å². The molecule has 0 radical (unpaired) electrons. The van der Waals surface area contributed by atoms with E-state index in [0.29, 0.717) is 13.0 Å². The number of carbonyl (C=O) groups is 1. The topological polar surface area (TPSA) is 83.6 Å². The Balaban J connectivity index is 1.41. The van der Waals surface area contributed by atoms with Crippen LogP contribution in [0.25, 0.3) is 17.0 Å². The van der Waals surface area contributed by atoms with Crippen molar-refractivity contribution < 1.29 is 14.3 Å². The Bertz CT molecular complexity index is 1380. The van der Waals surface area contributed by atoms with Crippen LogP contribution in [0, 0.1) is 11.7 Å². The Morgan fingerprint density at radius 1 is 1.03 bits per heavy atom. The average molecular weight is 472 g/mol. The van der Waals surface area contributed by atoms with Crippen LogP contribution in [0.3, 0.4) is 0 Å². The van der Waals surface area contributed by atoms with Gasteiger partial charge in [0.05, 0.1) is 5.60 Å². The van der Waals surface area contributed by atoms with Crippen molar-refractivity contribution in [3.05, 3.63) is 84.3 Å². The molecule has 7 nitrogen and oxygen atoms in total. The maximum Gasteiger partial charge on any atom is 0.290 e. The van der Waals surface area contributed by atoms with Gasteiger partial charge in [-0.25, -0.2) is 19.3 Å². The first-order valence-corrected chi connectivity index (χ1v) is 12.1. The lowest BCUT2D eigenvalue weighted by atomic mass is 9.66. The highest BCUT2D eigenvalue weighted by molar-refractivity contribution is 5.94. The van der Waals surface area contributed by atoms with Crippen LogP contribution in [0.15, 0.2) is 67.1 Å².